The van der Waals surface area contributed by atoms with Crippen molar-refractivity contribution in [3.8, 4) is 0 Å². The van der Waals surface area contributed by atoms with Crippen LogP contribution in [0.15, 0.2) is 6.20 Å². The molecule has 1 fully saturated rings. The van der Waals surface area contributed by atoms with Crippen molar-refractivity contribution in [3.05, 3.63) is 17.7 Å². The molecule has 1 heterocycles. The molecule has 0 radical (unpaired) electrons. The monoisotopic (exact) mass is 208 g/mol. The van der Waals surface area contributed by atoms with Gasteiger partial charge in [-0.1, -0.05) is 26.2 Å². The fourth-order valence-electron chi connectivity index (χ4n) is 2.31. The highest BCUT2D eigenvalue weighted by Gasteiger charge is 2.31. The third-order valence-corrected chi connectivity index (χ3v) is 3.34. The first-order valence-corrected chi connectivity index (χ1v) is 5.41. The van der Waals surface area contributed by atoms with E-state index in [4.69, 9.17) is 5.11 Å². The summed E-state index contributed by atoms with van der Waals surface area (Å²) in [5, 5.41) is 8.81. The number of carboxylic acid groups (broad SMARTS) is 1. The van der Waals surface area contributed by atoms with Crippen molar-refractivity contribution < 1.29 is 9.90 Å². The van der Waals surface area contributed by atoms with Gasteiger partial charge in [0.2, 0.25) is 0 Å². The maximum atomic E-state index is 10.7. The van der Waals surface area contributed by atoms with Crippen LogP contribution in [0.25, 0.3) is 0 Å². The van der Waals surface area contributed by atoms with Gasteiger partial charge in [-0.15, -0.1) is 0 Å². The van der Waals surface area contributed by atoms with E-state index in [2.05, 4.69) is 16.9 Å². The molecule has 1 aliphatic carbocycles. The zero-order valence-electron chi connectivity index (χ0n) is 8.92. The standard InChI is InChI=1S/C11H16N2O2/c1-11(5-3-2-4-6-11)10-12-7-8(13-10)9(14)15/h7H,2-6H2,1H3,(H,12,13)(H,14,15). The molecule has 15 heavy (non-hydrogen) atoms. The van der Waals surface area contributed by atoms with E-state index < -0.39 is 5.97 Å². The maximum Gasteiger partial charge on any atom is 0.353 e. The van der Waals surface area contributed by atoms with Gasteiger partial charge in [-0.3, -0.25) is 0 Å². The summed E-state index contributed by atoms with van der Waals surface area (Å²) in [6.07, 6.45) is 7.30. The Kier molecular flexibility index (Phi) is 2.50. The first-order chi connectivity index (χ1) is 7.12. The number of imidazole rings is 1. The Balaban J connectivity index is 2.23. The molecule has 1 saturated carbocycles. The molecule has 0 aromatic carbocycles. The van der Waals surface area contributed by atoms with Crippen LogP contribution in [0.4, 0.5) is 0 Å². The summed E-state index contributed by atoms with van der Waals surface area (Å²) < 4.78 is 0. The van der Waals surface area contributed by atoms with E-state index in [1.54, 1.807) is 0 Å². The van der Waals surface area contributed by atoms with Crippen molar-refractivity contribution >= 4 is 5.97 Å². The predicted octanol–water partition coefficient (Wildman–Crippen LogP) is 2.33. The van der Waals surface area contributed by atoms with Gasteiger partial charge in [0.25, 0.3) is 0 Å². The lowest BCUT2D eigenvalue weighted by Crippen LogP contribution is -2.26. The zero-order valence-corrected chi connectivity index (χ0v) is 8.92. The molecule has 0 bridgehead atoms. The quantitative estimate of drug-likeness (QED) is 0.783. The van der Waals surface area contributed by atoms with Crippen LogP contribution in [0.1, 0.15) is 55.3 Å². The van der Waals surface area contributed by atoms with Crippen LogP contribution >= 0.6 is 0 Å². The fourth-order valence-corrected chi connectivity index (χ4v) is 2.31. The number of hydrogen-bond acceptors (Lipinski definition) is 2. The van der Waals surface area contributed by atoms with E-state index >= 15 is 0 Å². The highest BCUT2D eigenvalue weighted by molar-refractivity contribution is 5.85. The van der Waals surface area contributed by atoms with E-state index in [0.717, 1.165) is 18.7 Å². The van der Waals surface area contributed by atoms with Crippen molar-refractivity contribution in [2.45, 2.75) is 44.4 Å². The summed E-state index contributed by atoms with van der Waals surface area (Å²) >= 11 is 0. The van der Waals surface area contributed by atoms with Gasteiger partial charge in [-0.05, 0) is 12.8 Å². The summed E-state index contributed by atoms with van der Waals surface area (Å²) in [4.78, 5) is 17.8. The maximum absolute atomic E-state index is 10.7. The van der Waals surface area contributed by atoms with E-state index in [-0.39, 0.29) is 11.1 Å². The smallest absolute Gasteiger partial charge is 0.353 e. The minimum Gasteiger partial charge on any atom is -0.477 e. The summed E-state index contributed by atoms with van der Waals surface area (Å²) in [5.41, 5.74) is 0.239. The Labute approximate surface area is 88.7 Å². The van der Waals surface area contributed by atoms with Gasteiger partial charge in [-0.25, -0.2) is 9.78 Å². The van der Waals surface area contributed by atoms with Gasteiger partial charge in [0, 0.05) is 5.41 Å². The summed E-state index contributed by atoms with van der Waals surface area (Å²) in [6.45, 7) is 2.16. The van der Waals surface area contributed by atoms with Gasteiger partial charge >= 0.3 is 5.97 Å². The van der Waals surface area contributed by atoms with Crippen LogP contribution in [0.3, 0.4) is 0 Å². The van der Waals surface area contributed by atoms with Gasteiger partial charge < -0.3 is 10.1 Å². The minimum atomic E-state index is -0.937. The number of nitrogens with one attached hydrogen (secondary N) is 1. The molecule has 1 aliphatic rings. The van der Waals surface area contributed by atoms with E-state index in [9.17, 15) is 4.79 Å². The number of hydrogen-bond donors (Lipinski definition) is 2. The van der Waals surface area contributed by atoms with Crippen LogP contribution in [0.2, 0.25) is 0 Å². The lowest BCUT2D eigenvalue weighted by molar-refractivity contribution is 0.0690. The molecule has 1 aromatic rings. The van der Waals surface area contributed by atoms with Gasteiger partial charge in [0.05, 0.1) is 6.20 Å². The van der Waals surface area contributed by atoms with Crippen LogP contribution in [-0.2, 0) is 5.41 Å². The minimum absolute atomic E-state index is 0.0476. The summed E-state index contributed by atoms with van der Waals surface area (Å²) in [7, 11) is 0. The molecular formula is C11H16N2O2. The molecule has 0 spiro atoms. The number of aromatic amines is 1. The van der Waals surface area contributed by atoms with E-state index in [1.165, 1.54) is 25.5 Å². The molecule has 0 saturated heterocycles. The first kappa shape index (κ1) is 10.2. The van der Waals surface area contributed by atoms with E-state index in [0.29, 0.717) is 0 Å². The van der Waals surface area contributed by atoms with Crippen LogP contribution in [-0.4, -0.2) is 21.0 Å². The number of aromatic carboxylic acids is 1. The second kappa shape index (κ2) is 3.68. The molecule has 0 amide bonds. The molecule has 0 unspecified atom stereocenters. The van der Waals surface area contributed by atoms with E-state index in [1.807, 2.05) is 0 Å². The van der Waals surface area contributed by atoms with Crippen molar-refractivity contribution in [1.29, 1.82) is 0 Å². The topological polar surface area (TPSA) is 66.0 Å². The Morgan fingerprint density at radius 3 is 2.67 bits per heavy atom. The molecule has 0 aliphatic heterocycles. The SMILES string of the molecule is CC1(c2ncc(C(=O)O)[nH]2)CCCCC1. The number of aromatic nitrogens is 2. The fraction of sp³-hybridized carbons (Fsp3) is 0.636. The Morgan fingerprint density at radius 2 is 2.13 bits per heavy atom. The highest BCUT2D eigenvalue weighted by atomic mass is 16.4. The second-order valence-electron chi connectivity index (χ2n) is 4.57. The molecule has 4 nitrogen and oxygen atoms in total. The van der Waals surface area contributed by atoms with Crippen LogP contribution in [0, 0.1) is 0 Å². The summed E-state index contributed by atoms with van der Waals surface area (Å²) in [6, 6.07) is 0. The van der Waals surface area contributed by atoms with Crippen LogP contribution in [0.5, 0.6) is 0 Å². The third kappa shape index (κ3) is 1.89. The number of carbonyl (C=O) groups is 1. The molecule has 2 N–H and O–H groups in total. The first-order valence-electron chi connectivity index (χ1n) is 5.41. The van der Waals surface area contributed by atoms with Crippen molar-refractivity contribution in [2.24, 2.45) is 0 Å². The third-order valence-electron chi connectivity index (χ3n) is 3.34. The number of rotatable bonds is 2. The Morgan fingerprint density at radius 1 is 1.47 bits per heavy atom. The Hall–Kier alpha value is -1.32. The average Bonchev–Trinajstić information content (AvgIpc) is 2.68. The molecular weight excluding hydrogens is 192 g/mol. The van der Waals surface area contributed by atoms with Gasteiger partial charge in [0.1, 0.15) is 11.5 Å². The molecule has 82 valence electrons. The number of H-pyrrole nitrogens is 1. The lowest BCUT2D eigenvalue weighted by Gasteiger charge is -2.31. The molecule has 0 atom stereocenters. The zero-order chi connectivity index (χ0) is 10.9. The molecule has 1 aromatic heterocycles. The predicted molar refractivity (Wildman–Crippen MR) is 56.0 cm³/mol. The second-order valence-corrected chi connectivity index (χ2v) is 4.57. The molecule has 2 rings (SSSR count). The lowest BCUT2D eigenvalue weighted by atomic mass is 9.75. The normalized spacial score (nSPS) is 20.1. The van der Waals surface area contributed by atoms with Crippen molar-refractivity contribution in [1.82, 2.24) is 9.97 Å². The largest absolute Gasteiger partial charge is 0.477 e. The van der Waals surface area contributed by atoms with Gasteiger partial charge in [0.15, 0.2) is 0 Å². The summed E-state index contributed by atoms with van der Waals surface area (Å²) in [5.74, 6) is -0.104. The molecule has 4 heteroatoms. The van der Waals surface area contributed by atoms with Crippen LogP contribution < -0.4 is 0 Å². The number of carboxylic acids is 1. The Bertz CT molecular complexity index is 364. The van der Waals surface area contributed by atoms with Crippen molar-refractivity contribution in [3.63, 3.8) is 0 Å². The van der Waals surface area contributed by atoms with Gasteiger partial charge in [-0.2, -0.15) is 0 Å². The number of nitrogens with zero attached hydrogens (tertiary/aromatic N) is 1. The average molecular weight is 208 g/mol. The van der Waals surface area contributed by atoms with Crippen molar-refractivity contribution in [2.75, 3.05) is 0 Å². The highest BCUT2D eigenvalue weighted by Crippen LogP contribution is 2.37.